The Bertz CT molecular complexity index is 489. The van der Waals surface area contributed by atoms with Gasteiger partial charge in [-0.2, -0.15) is 5.26 Å². The standard InChI is InChI=1S/C16H23N3O/c1-5-14(6-2)19(4)12(3)16(20)18-15-10-8-7-9-13(15)11-17/h7-10,12,14H,5-6H2,1-4H3,(H,18,20). The number of hydrogen-bond donors (Lipinski definition) is 1. The summed E-state index contributed by atoms with van der Waals surface area (Å²) in [6, 6.07) is 9.29. The number of carbonyl (C=O) groups is 1. The van der Waals surface area contributed by atoms with Crippen molar-refractivity contribution in [2.24, 2.45) is 0 Å². The molecule has 1 atom stereocenters. The lowest BCUT2D eigenvalue weighted by Gasteiger charge is -2.31. The molecule has 1 N–H and O–H groups in total. The number of amides is 1. The number of nitrogens with zero attached hydrogens (tertiary/aromatic N) is 2. The molecule has 4 heteroatoms. The molecule has 0 aromatic heterocycles. The van der Waals surface area contributed by atoms with Crippen molar-refractivity contribution >= 4 is 11.6 Å². The number of likely N-dealkylation sites (N-methyl/N-ethyl adjacent to an activating group) is 1. The first kappa shape index (κ1) is 16.2. The Morgan fingerprint density at radius 3 is 2.50 bits per heavy atom. The zero-order valence-corrected chi connectivity index (χ0v) is 12.7. The van der Waals surface area contributed by atoms with E-state index in [-0.39, 0.29) is 11.9 Å². The van der Waals surface area contributed by atoms with Crippen LogP contribution in [0.2, 0.25) is 0 Å². The summed E-state index contributed by atoms with van der Waals surface area (Å²) in [7, 11) is 1.97. The van der Waals surface area contributed by atoms with Crippen molar-refractivity contribution < 1.29 is 4.79 Å². The van der Waals surface area contributed by atoms with Crippen molar-refractivity contribution in [1.82, 2.24) is 4.90 Å². The molecule has 0 heterocycles. The van der Waals surface area contributed by atoms with Gasteiger partial charge in [0.25, 0.3) is 0 Å². The first-order chi connectivity index (χ1) is 9.54. The van der Waals surface area contributed by atoms with Gasteiger partial charge in [-0.1, -0.05) is 26.0 Å². The zero-order chi connectivity index (χ0) is 15.1. The molecule has 0 saturated heterocycles. The Hall–Kier alpha value is -1.86. The van der Waals surface area contributed by atoms with E-state index in [1.165, 1.54) is 0 Å². The summed E-state index contributed by atoms with van der Waals surface area (Å²) < 4.78 is 0. The van der Waals surface area contributed by atoms with Gasteiger partial charge < -0.3 is 5.32 Å². The number of benzene rings is 1. The van der Waals surface area contributed by atoms with E-state index in [2.05, 4.69) is 30.1 Å². The molecule has 1 aromatic carbocycles. The summed E-state index contributed by atoms with van der Waals surface area (Å²) in [6.45, 7) is 6.14. The Kier molecular flexibility index (Phi) is 6.20. The van der Waals surface area contributed by atoms with Crippen LogP contribution in [0.5, 0.6) is 0 Å². The van der Waals surface area contributed by atoms with Crippen molar-refractivity contribution in [3.8, 4) is 6.07 Å². The molecule has 0 aliphatic heterocycles. The third-order valence-corrected chi connectivity index (χ3v) is 3.81. The summed E-state index contributed by atoms with van der Waals surface area (Å²) >= 11 is 0. The minimum atomic E-state index is -0.230. The van der Waals surface area contributed by atoms with Crippen LogP contribution in [0, 0.1) is 11.3 Å². The highest BCUT2D eigenvalue weighted by Gasteiger charge is 2.23. The highest BCUT2D eigenvalue weighted by atomic mass is 16.2. The van der Waals surface area contributed by atoms with Gasteiger partial charge in [0.2, 0.25) is 5.91 Å². The molecule has 1 amide bonds. The molecule has 1 rings (SSSR count). The third kappa shape index (κ3) is 3.82. The smallest absolute Gasteiger partial charge is 0.241 e. The summed E-state index contributed by atoms with van der Waals surface area (Å²) in [5.41, 5.74) is 1.06. The van der Waals surface area contributed by atoms with Crippen molar-refractivity contribution in [1.29, 1.82) is 5.26 Å². The van der Waals surface area contributed by atoms with Crippen molar-refractivity contribution in [2.75, 3.05) is 12.4 Å². The maximum Gasteiger partial charge on any atom is 0.241 e. The van der Waals surface area contributed by atoms with Gasteiger partial charge in [-0.05, 0) is 38.9 Å². The summed E-state index contributed by atoms with van der Waals surface area (Å²) in [5, 5.41) is 11.9. The molecule has 20 heavy (non-hydrogen) atoms. The SMILES string of the molecule is CCC(CC)N(C)C(C)C(=O)Nc1ccccc1C#N. The molecule has 0 saturated carbocycles. The molecule has 0 spiro atoms. The zero-order valence-electron chi connectivity index (χ0n) is 12.7. The molecule has 4 nitrogen and oxygen atoms in total. The Balaban J connectivity index is 2.78. The topological polar surface area (TPSA) is 56.1 Å². The predicted molar refractivity (Wildman–Crippen MR) is 81.4 cm³/mol. The number of para-hydroxylation sites is 1. The van der Waals surface area contributed by atoms with Crippen LogP contribution in [0.3, 0.4) is 0 Å². The van der Waals surface area contributed by atoms with Gasteiger partial charge in [-0.3, -0.25) is 9.69 Å². The maximum atomic E-state index is 12.3. The van der Waals surface area contributed by atoms with Crippen molar-refractivity contribution in [3.63, 3.8) is 0 Å². The maximum absolute atomic E-state index is 12.3. The lowest BCUT2D eigenvalue weighted by molar-refractivity contribution is -0.121. The average Bonchev–Trinajstić information content (AvgIpc) is 2.48. The molecule has 0 fully saturated rings. The van der Waals surface area contributed by atoms with E-state index in [0.29, 0.717) is 17.3 Å². The normalized spacial score (nSPS) is 12.2. The fraction of sp³-hybridized carbons (Fsp3) is 0.500. The van der Waals surface area contributed by atoms with E-state index in [9.17, 15) is 4.79 Å². The Morgan fingerprint density at radius 2 is 1.95 bits per heavy atom. The van der Waals surface area contributed by atoms with Gasteiger partial charge in [0, 0.05) is 6.04 Å². The lowest BCUT2D eigenvalue weighted by Crippen LogP contribution is -2.45. The second-order valence-corrected chi connectivity index (χ2v) is 4.96. The molecular formula is C16H23N3O. The van der Waals surface area contributed by atoms with Crippen LogP contribution in [-0.2, 0) is 4.79 Å². The van der Waals surface area contributed by atoms with E-state index < -0.39 is 0 Å². The molecule has 0 radical (unpaired) electrons. The number of hydrogen-bond acceptors (Lipinski definition) is 3. The predicted octanol–water partition coefficient (Wildman–Crippen LogP) is 3.01. The number of nitriles is 1. The largest absolute Gasteiger partial charge is 0.324 e. The van der Waals surface area contributed by atoms with Crippen LogP contribution in [-0.4, -0.2) is 29.9 Å². The number of anilines is 1. The molecule has 108 valence electrons. The van der Waals surface area contributed by atoms with E-state index in [4.69, 9.17) is 5.26 Å². The van der Waals surface area contributed by atoms with E-state index in [1.807, 2.05) is 20.0 Å². The second-order valence-electron chi connectivity index (χ2n) is 4.96. The average molecular weight is 273 g/mol. The fourth-order valence-electron chi connectivity index (χ4n) is 2.29. The van der Waals surface area contributed by atoms with Crippen LogP contribution < -0.4 is 5.32 Å². The monoisotopic (exact) mass is 273 g/mol. The minimum Gasteiger partial charge on any atom is -0.324 e. The summed E-state index contributed by atoms with van der Waals surface area (Å²) in [5.74, 6) is -0.0814. The number of rotatable bonds is 6. The van der Waals surface area contributed by atoms with Gasteiger partial charge in [-0.25, -0.2) is 0 Å². The fourth-order valence-corrected chi connectivity index (χ4v) is 2.29. The van der Waals surface area contributed by atoms with Gasteiger partial charge >= 0.3 is 0 Å². The quantitative estimate of drug-likeness (QED) is 0.866. The van der Waals surface area contributed by atoms with Crippen LogP contribution in [0.4, 0.5) is 5.69 Å². The van der Waals surface area contributed by atoms with Crippen LogP contribution in [0.25, 0.3) is 0 Å². The molecule has 0 aliphatic rings. The first-order valence-corrected chi connectivity index (χ1v) is 7.07. The highest BCUT2D eigenvalue weighted by molar-refractivity contribution is 5.95. The molecule has 1 aromatic rings. The van der Waals surface area contributed by atoms with Crippen molar-refractivity contribution in [2.45, 2.75) is 45.7 Å². The van der Waals surface area contributed by atoms with E-state index in [0.717, 1.165) is 12.8 Å². The number of carbonyl (C=O) groups excluding carboxylic acids is 1. The lowest BCUT2D eigenvalue weighted by atomic mass is 10.1. The summed E-state index contributed by atoms with van der Waals surface area (Å²) in [4.78, 5) is 14.4. The van der Waals surface area contributed by atoms with Crippen LogP contribution in [0.1, 0.15) is 39.2 Å². The number of nitrogens with one attached hydrogen (secondary N) is 1. The minimum absolute atomic E-state index is 0.0814. The van der Waals surface area contributed by atoms with Gasteiger partial charge in [0.1, 0.15) is 6.07 Å². The molecule has 0 bridgehead atoms. The van der Waals surface area contributed by atoms with Gasteiger partial charge in [0.05, 0.1) is 17.3 Å². The first-order valence-electron chi connectivity index (χ1n) is 7.07. The van der Waals surface area contributed by atoms with Gasteiger partial charge in [-0.15, -0.1) is 0 Å². The van der Waals surface area contributed by atoms with E-state index >= 15 is 0 Å². The Morgan fingerprint density at radius 1 is 1.35 bits per heavy atom. The third-order valence-electron chi connectivity index (χ3n) is 3.81. The molecule has 0 aliphatic carbocycles. The van der Waals surface area contributed by atoms with Gasteiger partial charge in [0.15, 0.2) is 0 Å². The molecular weight excluding hydrogens is 250 g/mol. The highest BCUT2D eigenvalue weighted by Crippen LogP contribution is 2.16. The molecule has 1 unspecified atom stereocenters. The Labute approximate surface area is 121 Å². The van der Waals surface area contributed by atoms with Crippen LogP contribution in [0.15, 0.2) is 24.3 Å². The second kappa shape index (κ2) is 7.66. The summed E-state index contributed by atoms with van der Waals surface area (Å²) in [6.07, 6.45) is 2.03. The van der Waals surface area contributed by atoms with Crippen LogP contribution >= 0.6 is 0 Å². The van der Waals surface area contributed by atoms with Crippen molar-refractivity contribution in [3.05, 3.63) is 29.8 Å². The van der Waals surface area contributed by atoms with E-state index in [1.54, 1.807) is 18.2 Å².